The quantitative estimate of drug-likeness (QED) is 0.627. The van der Waals surface area contributed by atoms with Gasteiger partial charge in [-0.3, -0.25) is 4.79 Å². The topological polar surface area (TPSA) is 49.0 Å². The van der Waals surface area contributed by atoms with Crippen molar-refractivity contribution in [1.29, 1.82) is 0 Å². The predicted molar refractivity (Wildman–Crippen MR) is 63.3 cm³/mol. The highest BCUT2D eigenvalue weighted by atomic mass is 16.1. The van der Waals surface area contributed by atoms with E-state index < -0.39 is 0 Å². The highest BCUT2D eigenvalue weighted by Crippen LogP contribution is 2.10. The van der Waals surface area contributed by atoms with Gasteiger partial charge in [-0.15, -0.1) is 0 Å². The molecule has 1 aromatic carbocycles. The number of nitrogens with one attached hydrogen (secondary N) is 1. The lowest BCUT2D eigenvalue weighted by Gasteiger charge is -2.01. The standard InChI is InChI=1S/C12H13N3O/c1-15(2)8-7-11(16)12-13-9-5-3-4-6-10(9)14-12/h3-8H,1-2H3,(H,13,14)/b8-7+. The monoisotopic (exact) mass is 215 g/mol. The first-order valence-corrected chi connectivity index (χ1v) is 5.00. The molecule has 0 aliphatic carbocycles. The molecule has 0 atom stereocenters. The fourth-order valence-corrected chi connectivity index (χ4v) is 1.37. The fraction of sp³-hybridized carbons (Fsp3) is 0.167. The van der Waals surface area contributed by atoms with Gasteiger partial charge >= 0.3 is 0 Å². The molecule has 2 rings (SSSR count). The molecule has 0 amide bonds. The number of para-hydroxylation sites is 2. The van der Waals surface area contributed by atoms with Crippen LogP contribution in [0, 0.1) is 0 Å². The van der Waals surface area contributed by atoms with E-state index in [-0.39, 0.29) is 5.78 Å². The van der Waals surface area contributed by atoms with Crippen molar-refractivity contribution in [1.82, 2.24) is 14.9 Å². The lowest BCUT2D eigenvalue weighted by atomic mass is 10.3. The van der Waals surface area contributed by atoms with E-state index in [2.05, 4.69) is 9.97 Å². The van der Waals surface area contributed by atoms with Crippen molar-refractivity contribution in [3.05, 3.63) is 42.4 Å². The smallest absolute Gasteiger partial charge is 0.222 e. The molecule has 0 aliphatic heterocycles. The van der Waals surface area contributed by atoms with E-state index in [1.165, 1.54) is 6.08 Å². The van der Waals surface area contributed by atoms with Gasteiger partial charge in [-0.1, -0.05) is 12.1 Å². The van der Waals surface area contributed by atoms with E-state index in [0.29, 0.717) is 5.82 Å². The number of allylic oxidation sites excluding steroid dienone is 1. The Labute approximate surface area is 93.6 Å². The van der Waals surface area contributed by atoms with Crippen LogP contribution in [0.1, 0.15) is 10.6 Å². The molecule has 0 fully saturated rings. The summed E-state index contributed by atoms with van der Waals surface area (Å²) in [5.41, 5.74) is 1.69. The summed E-state index contributed by atoms with van der Waals surface area (Å²) >= 11 is 0. The van der Waals surface area contributed by atoms with Crippen molar-refractivity contribution in [2.75, 3.05) is 14.1 Å². The van der Waals surface area contributed by atoms with Crippen LogP contribution in [0.3, 0.4) is 0 Å². The number of hydrogen-bond donors (Lipinski definition) is 1. The number of nitrogens with zero attached hydrogens (tertiary/aromatic N) is 2. The summed E-state index contributed by atoms with van der Waals surface area (Å²) < 4.78 is 0. The first-order chi connectivity index (χ1) is 7.66. The Bertz CT molecular complexity index is 507. The van der Waals surface area contributed by atoms with Gasteiger partial charge in [-0.2, -0.15) is 0 Å². The minimum Gasteiger partial charge on any atom is -0.383 e. The van der Waals surface area contributed by atoms with Gasteiger partial charge in [0.1, 0.15) is 0 Å². The van der Waals surface area contributed by atoms with E-state index in [4.69, 9.17) is 0 Å². The van der Waals surface area contributed by atoms with Crippen molar-refractivity contribution in [3.63, 3.8) is 0 Å². The van der Waals surface area contributed by atoms with Crippen molar-refractivity contribution in [3.8, 4) is 0 Å². The number of rotatable bonds is 3. The van der Waals surface area contributed by atoms with Crippen molar-refractivity contribution >= 4 is 16.8 Å². The largest absolute Gasteiger partial charge is 0.383 e. The average molecular weight is 215 g/mol. The zero-order valence-electron chi connectivity index (χ0n) is 9.27. The molecule has 2 aromatic rings. The van der Waals surface area contributed by atoms with Gasteiger partial charge in [0.2, 0.25) is 5.78 Å². The lowest BCUT2D eigenvalue weighted by molar-refractivity contribution is 0.103. The molecule has 0 saturated heterocycles. The summed E-state index contributed by atoms with van der Waals surface area (Å²) in [5.74, 6) is 0.254. The third-order valence-electron chi connectivity index (χ3n) is 2.15. The molecule has 4 nitrogen and oxygen atoms in total. The number of hydrogen-bond acceptors (Lipinski definition) is 3. The van der Waals surface area contributed by atoms with E-state index in [1.807, 2.05) is 38.4 Å². The zero-order valence-corrected chi connectivity index (χ0v) is 9.27. The van der Waals surface area contributed by atoms with Crippen LogP contribution in [-0.4, -0.2) is 34.7 Å². The first-order valence-electron chi connectivity index (χ1n) is 5.00. The number of ketones is 1. The number of carbonyl (C=O) groups is 1. The Morgan fingerprint density at radius 1 is 1.38 bits per heavy atom. The maximum absolute atomic E-state index is 11.7. The van der Waals surface area contributed by atoms with E-state index in [1.54, 1.807) is 11.1 Å². The van der Waals surface area contributed by atoms with Crippen LogP contribution in [0.4, 0.5) is 0 Å². The maximum atomic E-state index is 11.7. The number of fused-ring (bicyclic) bond motifs is 1. The van der Waals surface area contributed by atoms with E-state index in [0.717, 1.165) is 11.0 Å². The predicted octanol–water partition coefficient (Wildman–Crippen LogP) is 1.82. The molecule has 4 heteroatoms. The maximum Gasteiger partial charge on any atom is 0.222 e. The Balaban J connectivity index is 2.30. The van der Waals surface area contributed by atoms with Gasteiger partial charge in [-0.25, -0.2) is 4.98 Å². The summed E-state index contributed by atoms with van der Waals surface area (Å²) in [6.07, 6.45) is 3.20. The second-order valence-electron chi connectivity index (χ2n) is 3.75. The SMILES string of the molecule is CN(C)/C=C/C(=O)c1nc2ccccc2[nH]1. The average Bonchev–Trinajstić information content (AvgIpc) is 2.69. The van der Waals surface area contributed by atoms with Gasteiger partial charge < -0.3 is 9.88 Å². The second kappa shape index (κ2) is 4.18. The van der Waals surface area contributed by atoms with Crippen molar-refractivity contribution in [2.45, 2.75) is 0 Å². The first kappa shape index (κ1) is 10.4. The van der Waals surface area contributed by atoms with Crippen molar-refractivity contribution in [2.24, 2.45) is 0 Å². The number of carbonyl (C=O) groups excluding carboxylic acids is 1. The van der Waals surface area contributed by atoms with Crippen LogP contribution in [0.15, 0.2) is 36.5 Å². The van der Waals surface area contributed by atoms with E-state index >= 15 is 0 Å². The number of aromatic amines is 1. The molecular weight excluding hydrogens is 202 g/mol. The Hall–Kier alpha value is -2.10. The fourth-order valence-electron chi connectivity index (χ4n) is 1.37. The summed E-state index contributed by atoms with van der Waals surface area (Å²) in [7, 11) is 3.73. The molecule has 1 heterocycles. The minimum atomic E-state index is -0.120. The molecule has 1 aromatic heterocycles. The Morgan fingerprint density at radius 3 is 2.81 bits per heavy atom. The summed E-state index contributed by atoms with van der Waals surface area (Å²) in [4.78, 5) is 20.7. The molecule has 0 unspecified atom stereocenters. The van der Waals surface area contributed by atoms with Gasteiger partial charge in [0.15, 0.2) is 5.82 Å². The third-order valence-corrected chi connectivity index (χ3v) is 2.15. The number of benzene rings is 1. The molecule has 1 N–H and O–H groups in total. The molecule has 16 heavy (non-hydrogen) atoms. The normalized spacial score (nSPS) is 11.1. The number of H-pyrrole nitrogens is 1. The second-order valence-corrected chi connectivity index (χ2v) is 3.75. The molecule has 0 bridgehead atoms. The molecular formula is C12H13N3O. The molecule has 0 spiro atoms. The summed E-state index contributed by atoms with van der Waals surface area (Å²) in [6, 6.07) is 7.57. The minimum absolute atomic E-state index is 0.120. The van der Waals surface area contributed by atoms with Crippen LogP contribution >= 0.6 is 0 Å². The van der Waals surface area contributed by atoms with Crippen LogP contribution in [0.5, 0.6) is 0 Å². The zero-order chi connectivity index (χ0) is 11.5. The van der Waals surface area contributed by atoms with Gasteiger partial charge in [0, 0.05) is 26.4 Å². The third kappa shape index (κ3) is 2.11. The van der Waals surface area contributed by atoms with Gasteiger partial charge in [0.05, 0.1) is 11.0 Å². The van der Waals surface area contributed by atoms with Crippen LogP contribution in [0.2, 0.25) is 0 Å². The molecule has 0 saturated carbocycles. The van der Waals surface area contributed by atoms with Crippen molar-refractivity contribution < 1.29 is 4.79 Å². The summed E-state index contributed by atoms with van der Waals surface area (Å²) in [5, 5.41) is 0. The lowest BCUT2D eigenvalue weighted by Crippen LogP contribution is -2.04. The Kier molecular flexibility index (Phi) is 2.72. The van der Waals surface area contributed by atoms with E-state index in [9.17, 15) is 4.79 Å². The highest BCUT2D eigenvalue weighted by Gasteiger charge is 2.07. The summed E-state index contributed by atoms with van der Waals surface area (Å²) in [6.45, 7) is 0. The van der Waals surface area contributed by atoms with Gasteiger partial charge in [0.25, 0.3) is 0 Å². The molecule has 0 aliphatic rings. The number of imidazole rings is 1. The number of aromatic nitrogens is 2. The Morgan fingerprint density at radius 2 is 2.12 bits per heavy atom. The molecule has 82 valence electrons. The van der Waals surface area contributed by atoms with Crippen LogP contribution in [0.25, 0.3) is 11.0 Å². The van der Waals surface area contributed by atoms with Gasteiger partial charge in [-0.05, 0) is 12.1 Å². The highest BCUT2D eigenvalue weighted by molar-refractivity contribution is 6.03. The van der Waals surface area contributed by atoms with Crippen LogP contribution in [-0.2, 0) is 0 Å². The molecule has 0 radical (unpaired) electrons. The van der Waals surface area contributed by atoms with Crippen LogP contribution < -0.4 is 0 Å².